The van der Waals surface area contributed by atoms with E-state index in [9.17, 15) is 0 Å². The maximum atomic E-state index is 9.08. The Hall–Kier alpha value is -4.66. The number of hydrogen-bond donors (Lipinski definition) is 0. The summed E-state index contributed by atoms with van der Waals surface area (Å²) in [6.45, 7) is 0. The molecule has 5 aliphatic carbocycles. The standard InChI is InChI=1S/C46H37NS/c1-2-10-34(11-3-1)47(41-17-9-19-43-45(41)38-13-5-7-18-42(38)48-43)35-22-20-31(21-23-35)36-14-8-16-40-44(36)37-12-4-6-15-39(37)46(40)32-25-29-24-30(27-32)28-33(46)26-29/h1-23,29-30,32-33H,24-28H2/i1D,2D,3D,10D,11D. The molecule has 5 aliphatic rings. The van der Waals surface area contributed by atoms with Crippen LogP contribution in [0.4, 0.5) is 17.1 Å². The van der Waals surface area contributed by atoms with E-state index in [1.807, 2.05) is 29.2 Å². The van der Waals surface area contributed by atoms with Crippen molar-refractivity contribution in [1.29, 1.82) is 0 Å². The van der Waals surface area contributed by atoms with E-state index in [0.29, 0.717) is 11.8 Å². The largest absolute Gasteiger partial charge is 0.310 e. The fraction of sp³-hybridized carbons (Fsp3) is 0.217. The van der Waals surface area contributed by atoms with E-state index in [-0.39, 0.29) is 35.3 Å². The first-order valence-electron chi connectivity index (χ1n) is 20.0. The van der Waals surface area contributed by atoms with Crippen LogP contribution in [0.5, 0.6) is 0 Å². The third-order valence-corrected chi connectivity index (χ3v) is 13.5. The van der Waals surface area contributed by atoms with Crippen molar-refractivity contribution >= 4 is 48.6 Å². The molecule has 0 saturated heterocycles. The van der Waals surface area contributed by atoms with Gasteiger partial charge >= 0.3 is 0 Å². The van der Waals surface area contributed by atoms with Crippen LogP contribution in [0.2, 0.25) is 0 Å². The molecule has 4 saturated carbocycles. The zero-order chi connectivity index (χ0) is 35.7. The Balaban J connectivity index is 1.10. The number of para-hydroxylation sites is 1. The first kappa shape index (κ1) is 22.8. The Morgan fingerprint density at radius 1 is 0.583 bits per heavy atom. The van der Waals surface area contributed by atoms with E-state index < -0.39 is 6.04 Å². The van der Waals surface area contributed by atoms with Crippen molar-refractivity contribution in [2.45, 2.75) is 37.5 Å². The highest BCUT2D eigenvalue weighted by Gasteiger charge is 2.61. The highest BCUT2D eigenvalue weighted by molar-refractivity contribution is 7.26. The van der Waals surface area contributed by atoms with Crippen molar-refractivity contribution < 1.29 is 6.85 Å². The summed E-state index contributed by atoms with van der Waals surface area (Å²) in [6, 6.07) is 37.4. The topological polar surface area (TPSA) is 3.24 Å². The summed E-state index contributed by atoms with van der Waals surface area (Å²) in [5.41, 5.74) is 9.91. The molecule has 1 heterocycles. The summed E-state index contributed by atoms with van der Waals surface area (Å²) < 4.78 is 45.9. The molecule has 0 unspecified atom stereocenters. The minimum Gasteiger partial charge on any atom is -0.310 e. The molecule has 12 rings (SSSR count). The maximum absolute atomic E-state index is 9.08. The Labute approximate surface area is 293 Å². The van der Waals surface area contributed by atoms with Gasteiger partial charge in [-0.25, -0.2) is 0 Å². The van der Waals surface area contributed by atoms with Crippen LogP contribution in [0.15, 0.2) is 139 Å². The van der Waals surface area contributed by atoms with Crippen LogP contribution in [0.25, 0.3) is 42.4 Å². The van der Waals surface area contributed by atoms with Crippen LogP contribution in [0.1, 0.15) is 50.1 Å². The van der Waals surface area contributed by atoms with Gasteiger partial charge in [0.1, 0.15) is 0 Å². The monoisotopic (exact) mass is 640 g/mol. The Bertz CT molecular complexity index is 2600. The number of anilines is 3. The lowest BCUT2D eigenvalue weighted by molar-refractivity contribution is -0.0399. The fourth-order valence-corrected chi connectivity index (χ4v) is 12.0. The van der Waals surface area contributed by atoms with Crippen LogP contribution < -0.4 is 4.90 Å². The van der Waals surface area contributed by atoms with Crippen LogP contribution in [0.3, 0.4) is 0 Å². The van der Waals surface area contributed by atoms with E-state index in [4.69, 9.17) is 6.85 Å². The van der Waals surface area contributed by atoms with Crippen molar-refractivity contribution in [2.75, 3.05) is 4.90 Å². The molecule has 4 bridgehead atoms. The number of thiophene rings is 1. The van der Waals surface area contributed by atoms with Gasteiger partial charge in [0, 0.05) is 37.0 Å². The lowest BCUT2D eigenvalue weighted by atomic mass is 9.43. The normalized spacial score (nSPS) is 26.2. The van der Waals surface area contributed by atoms with Gasteiger partial charge in [-0.05, 0) is 132 Å². The van der Waals surface area contributed by atoms with Crippen molar-refractivity contribution in [2.24, 2.45) is 23.7 Å². The molecule has 0 amide bonds. The molecule has 48 heavy (non-hydrogen) atoms. The second-order valence-electron chi connectivity index (χ2n) is 14.6. The molecule has 0 N–H and O–H groups in total. The van der Waals surface area contributed by atoms with Crippen LogP contribution in [-0.4, -0.2) is 0 Å². The number of fused-ring (bicyclic) bond motifs is 6. The molecule has 232 valence electrons. The molecule has 1 aromatic heterocycles. The second kappa shape index (κ2) is 10.2. The lowest BCUT2D eigenvalue weighted by Gasteiger charge is -2.61. The molecule has 0 aliphatic heterocycles. The quantitative estimate of drug-likeness (QED) is 0.185. The average Bonchev–Trinajstić information content (AvgIpc) is 3.71. The zero-order valence-electron chi connectivity index (χ0n) is 31.6. The summed E-state index contributed by atoms with van der Waals surface area (Å²) in [6.07, 6.45) is 6.82. The molecular weight excluding hydrogens is 599 g/mol. The van der Waals surface area contributed by atoms with Gasteiger partial charge in [-0.1, -0.05) is 97.0 Å². The molecular formula is C46H37NS. The second-order valence-corrected chi connectivity index (χ2v) is 15.6. The zero-order valence-corrected chi connectivity index (χ0v) is 27.4. The summed E-state index contributed by atoms with van der Waals surface area (Å²) >= 11 is 1.70. The van der Waals surface area contributed by atoms with Gasteiger partial charge < -0.3 is 4.90 Å². The van der Waals surface area contributed by atoms with Crippen molar-refractivity contribution in [3.05, 3.63) is 151 Å². The molecule has 0 atom stereocenters. The number of benzene rings is 6. The summed E-state index contributed by atoms with van der Waals surface area (Å²) in [5.74, 6) is 3.17. The Morgan fingerprint density at radius 2 is 1.25 bits per heavy atom. The minimum absolute atomic E-state index is 0.0923. The average molecular weight is 641 g/mol. The fourth-order valence-electron chi connectivity index (χ4n) is 10.9. The third kappa shape index (κ3) is 3.67. The predicted octanol–water partition coefficient (Wildman–Crippen LogP) is 12.9. The summed E-state index contributed by atoms with van der Waals surface area (Å²) in [4.78, 5) is 1.87. The Kier molecular flexibility index (Phi) is 4.84. The molecule has 7 aromatic rings. The summed E-state index contributed by atoms with van der Waals surface area (Å²) in [5, 5.41) is 2.08. The van der Waals surface area contributed by atoms with E-state index in [2.05, 4.69) is 84.9 Å². The molecule has 6 aromatic carbocycles. The number of rotatable bonds is 4. The molecule has 0 radical (unpaired) electrons. The van der Waals surface area contributed by atoms with Gasteiger partial charge in [0.15, 0.2) is 0 Å². The highest BCUT2D eigenvalue weighted by atomic mass is 32.1. The minimum atomic E-state index is -0.395. The summed E-state index contributed by atoms with van der Waals surface area (Å²) in [7, 11) is 0. The number of nitrogens with zero attached hydrogens (tertiary/aromatic N) is 1. The first-order valence-corrected chi connectivity index (χ1v) is 18.3. The van der Waals surface area contributed by atoms with Gasteiger partial charge in [0.05, 0.1) is 12.5 Å². The SMILES string of the molecule is [2H]c1c([2H])c([2H])c(N(c2ccc(-c3cccc4c3-c3ccccc3C43C4CC5CC(C4)CC3C5)cc2)c2cccc3sc4ccccc4c23)c([2H])c1[2H]. The molecule has 4 fully saturated rings. The van der Waals surface area contributed by atoms with Gasteiger partial charge in [-0.15, -0.1) is 11.3 Å². The van der Waals surface area contributed by atoms with Crippen LogP contribution >= 0.6 is 11.3 Å². The van der Waals surface area contributed by atoms with Crippen LogP contribution in [0, 0.1) is 23.7 Å². The van der Waals surface area contributed by atoms with Gasteiger partial charge in [-0.3, -0.25) is 0 Å². The lowest BCUT2D eigenvalue weighted by Crippen LogP contribution is -2.55. The van der Waals surface area contributed by atoms with E-state index >= 15 is 0 Å². The van der Waals surface area contributed by atoms with Crippen molar-refractivity contribution in [3.63, 3.8) is 0 Å². The smallest absolute Gasteiger partial charge is 0.0645 e. The van der Waals surface area contributed by atoms with E-state index in [0.717, 1.165) is 48.9 Å². The molecule has 1 nitrogen and oxygen atoms in total. The highest BCUT2D eigenvalue weighted by Crippen LogP contribution is 2.70. The van der Waals surface area contributed by atoms with E-state index in [1.54, 1.807) is 11.3 Å². The maximum Gasteiger partial charge on any atom is 0.0645 e. The molecule has 2 heteroatoms. The van der Waals surface area contributed by atoms with Gasteiger partial charge in [-0.2, -0.15) is 0 Å². The predicted molar refractivity (Wildman–Crippen MR) is 203 cm³/mol. The Morgan fingerprint density at radius 3 is 2.06 bits per heavy atom. The third-order valence-electron chi connectivity index (χ3n) is 12.3. The number of hydrogen-bond acceptors (Lipinski definition) is 2. The van der Waals surface area contributed by atoms with Crippen LogP contribution in [-0.2, 0) is 5.41 Å². The van der Waals surface area contributed by atoms with E-state index in [1.165, 1.54) is 59.9 Å². The van der Waals surface area contributed by atoms with Crippen molar-refractivity contribution in [1.82, 2.24) is 0 Å². The van der Waals surface area contributed by atoms with Gasteiger partial charge in [0.25, 0.3) is 0 Å². The van der Waals surface area contributed by atoms with Gasteiger partial charge in [0.2, 0.25) is 0 Å². The first-order chi connectivity index (χ1) is 25.8. The van der Waals surface area contributed by atoms with Crippen molar-refractivity contribution in [3.8, 4) is 22.3 Å². The molecule has 1 spiro atoms.